The van der Waals surface area contributed by atoms with Gasteiger partial charge >= 0.3 is 0 Å². The standard InChI is InChI=1S/C18H21FN2O4/c19-15-2-1-13(22)3-14(15)17(24)21-9-18(10-21)4-12(5-18)16(23)20-6-11-7-25-8-11/h1-3,11-12,22H,4-10H2,(H,20,23). The summed E-state index contributed by atoms with van der Waals surface area (Å²) in [5.41, 5.74) is -0.101. The minimum atomic E-state index is -0.630. The van der Waals surface area contributed by atoms with Crippen LogP contribution in [0.2, 0.25) is 0 Å². The largest absolute Gasteiger partial charge is 0.508 e. The number of hydrogen-bond donors (Lipinski definition) is 2. The molecule has 1 aromatic rings. The SMILES string of the molecule is O=C(NCC1COC1)C1CC2(C1)CN(C(=O)c1cc(O)ccc1F)C2. The molecule has 1 aromatic carbocycles. The summed E-state index contributed by atoms with van der Waals surface area (Å²) in [6, 6.07) is 3.47. The first kappa shape index (κ1) is 16.3. The van der Waals surface area contributed by atoms with Gasteiger partial charge in [0.15, 0.2) is 0 Å². The first-order valence-electron chi connectivity index (χ1n) is 8.59. The summed E-state index contributed by atoms with van der Waals surface area (Å²) in [4.78, 5) is 26.0. The number of rotatable bonds is 4. The van der Waals surface area contributed by atoms with Crippen molar-refractivity contribution in [3.8, 4) is 5.75 Å². The molecule has 2 aliphatic heterocycles. The van der Waals surface area contributed by atoms with Gasteiger partial charge in [-0.25, -0.2) is 4.39 Å². The summed E-state index contributed by atoms with van der Waals surface area (Å²) in [6.07, 6.45) is 1.54. The zero-order chi connectivity index (χ0) is 17.6. The Morgan fingerprint density at radius 1 is 1.32 bits per heavy atom. The second-order valence-electron chi connectivity index (χ2n) is 7.58. The van der Waals surface area contributed by atoms with E-state index in [1.165, 1.54) is 6.07 Å². The number of likely N-dealkylation sites (tertiary alicyclic amines) is 1. The Bertz CT molecular complexity index is 705. The molecular formula is C18H21FN2O4. The minimum Gasteiger partial charge on any atom is -0.508 e. The Balaban J connectivity index is 1.26. The molecule has 1 spiro atoms. The number of ether oxygens (including phenoxy) is 1. The summed E-state index contributed by atoms with van der Waals surface area (Å²) in [6.45, 7) is 3.20. The van der Waals surface area contributed by atoms with Gasteiger partial charge in [-0.15, -0.1) is 0 Å². The number of benzene rings is 1. The molecule has 1 aliphatic carbocycles. The van der Waals surface area contributed by atoms with E-state index in [2.05, 4.69) is 5.32 Å². The van der Waals surface area contributed by atoms with Crippen molar-refractivity contribution in [1.82, 2.24) is 10.2 Å². The Hall–Kier alpha value is -2.15. The Morgan fingerprint density at radius 2 is 2.04 bits per heavy atom. The lowest BCUT2D eigenvalue weighted by molar-refractivity contribution is -0.141. The highest BCUT2D eigenvalue weighted by atomic mass is 19.1. The van der Waals surface area contributed by atoms with Crippen molar-refractivity contribution in [2.75, 3.05) is 32.8 Å². The number of phenols is 1. The number of amides is 2. The van der Waals surface area contributed by atoms with Crippen LogP contribution in [-0.2, 0) is 9.53 Å². The lowest BCUT2D eigenvalue weighted by atomic mass is 9.57. The predicted octanol–water partition coefficient (Wildman–Crippen LogP) is 1.15. The molecule has 0 radical (unpaired) electrons. The monoisotopic (exact) mass is 348 g/mol. The highest BCUT2D eigenvalue weighted by Gasteiger charge is 2.55. The summed E-state index contributed by atoms with van der Waals surface area (Å²) in [7, 11) is 0. The second kappa shape index (κ2) is 5.98. The molecule has 2 N–H and O–H groups in total. The van der Waals surface area contributed by atoms with Gasteiger partial charge in [-0.2, -0.15) is 0 Å². The van der Waals surface area contributed by atoms with Gasteiger partial charge in [0.25, 0.3) is 5.91 Å². The topological polar surface area (TPSA) is 78.9 Å². The molecule has 0 unspecified atom stereocenters. The van der Waals surface area contributed by atoms with E-state index in [0.29, 0.717) is 25.6 Å². The molecule has 1 saturated carbocycles. The number of aromatic hydroxyl groups is 1. The number of hydrogen-bond acceptors (Lipinski definition) is 4. The zero-order valence-electron chi connectivity index (χ0n) is 13.8. The maximum absolute atomic E-state index is 13.8. The quantitative estimate of drug-likeness (QED) is 0.855. The molecule has 0 bridgehead atoms. The molecule has 2 amide bonds. The lowest BCUT2D eigenvalue weighted by Gasteiger charge is -2.58. The van der Waals surface area contributed by atoms with Crippen molar-refractivity contribution in [2.45, 2.75) is 12.8 Å². The van der Waals surface area contributed by atoms with E-state index in [0.717, 1.165) is 38.2 Å². The van der Waals surface area contributed by atoms with Crippen LogP contribution in [0.15, 0.2) is 18.2 Å². The van der Waals surface area contributed by atoms with Crippen LogP contribution >= 0.6 is 0 Å². The molecular weight excluding hydrogens is 327 g/mol. The number of phenolic OH excluding ortho intramolecular Hbond substituents is 1. The molecule has 0 aromatic heterocycles. The Morgan fingerprint density at radius 3 is 2.68 bits per heavy atom. The molecule has 0 atom stereocenters. The molecule has 2 saturated heterocycles. The average Bonchev–Trinajstić information content (AvgIpc) is 2.45. The molecule has 4 rings (SSSR count). The molecule has 134 valence electrons. The minimum absolute atomic E-state index is 0.00451. The zero-order valence-corrected chi connectivity index (χ0v) is 13.8. The van der Waals surface area contributed by atoms with Crippen LogP contribution in [0.25, 0.3) is 0 Å². The van der Waals surface area contributed by atoms with E-state index in [4.69, 9.17) is 4.74 Å². The normalized spacial score (nSPS) is 22.0. The van der Waals surface area contributed by atoms with Crippen LogP contribution in [0.3, 0.4) is 0 Å². The number of halogens is 1. The third-order valence-electron chi connectivity index (χ3n) is 5.52. The Kier molecular flexibility index (Phi) is 3.91. The van der Waals surface area contributed by atoms with Crippen molar-refractivity contribution in [3.63, 3.8) is 0 Å². The predicted molar refractivity (Wildman–Crippen MR) is 86.4 cm³/mol. The number of carbonyl (C=O) groups is 2. The van der Waals surface area contributed by atoms with Gasteiger partial charge in [-0.3, -0.25) is 9.59 Å². The first-order valence-corrected chi connectivity index (χ1v) is 8.59. The van der Waals surface area contributed by atoms with Crippen LogP contribution < -0.4 is 5.32 Å². The van der Waals surface area contributed by atoms with Gasteiger partial charge in [-0.05, 0) is 31.0 Å². The van der Waals surface area contributed by atoms with Gasteiger partial charge < -0.3 is 20.1 Å². The van der Waals surface area contributed by atoms with Crippen LogP contribution in [0.1, 0.15) is 23.2 Å². The van der Waals surface area contributed by atoms with Crippen molar-refractivity contribution in [2.24, 2.45) is 17.3 Å². The second-order valence-corrected chi connectivity index (χ2v) is 7.58. The third kappa shape index (κ3) is 2.97. The maximum atomic E-state index is 13.8. The smallest absolute Gasteiger partial charge is 0.257 e. The number of nitrogens with zero attached hydrogens (tertiary/aromatic N) is 1. The van der Waals surface area contributed by atoms with E-state index < -0.39 is 11.7 Å². The molecule has 3 fully saturated rings. The first-order chi connectivity index (χ1) is 12.0. The average molecular weight is 348 g/mol. The third-order valence-corrected chi connectivity index (χ3v) is 5.52. The molecule has 7 heteroatoms. The van der Waals surface area contributed by atoms with Crippen LogP contribution in [0.4, 0.5) is 4.39 Å². The van der Waals surface area contributed by atoms with E-state index >= 15 is 0 Å². The van der Waals surface area contributed by atoms with Crippen LogP contribution in [0, 0.1) is 23.1 Å². The van der Waals surface area contributed by atoms with E-state index in [-0.39, 0.29) is 28.6 Å². The van der Waals surface area contributed by atoms with Gasteiger partial charge in [-0.1, -0.05) is 0 Å². The van der Waals surface area contributed by atoms with E-state index in [9.17, 15) is 19.1 Å². The molecule has 2 heterocycles. The van der Waals surface area contributed by atoms with E-state index in [1.807, 2.05) is 0 Å². The van der Waals surface area contributed by atoms with Crippen molar-refractivity contribution in [1.29, 1.82) is 0 Å². The van der Waals surface area contributed by atoms with Gasteiger partial charge in [0.1, 0.15) is 11.6 Å². The van der Waals surface area contributed by atoms with Crippen LogP contribution in [-0.4, -0.2) is 54.7 Å². The van der Waals surface area contributed by atoms with E-state index in [1.54, 1.807) is 4.90 Å². The summed E-state index contributed by atoms with van der Waals surface area (Å²) < 4.78 is 18.8. The summed E-state index contributed by atoms with van der Waals surface area (Å²) >= 11 is 0. The highest BCUT2D eigenvalue weighted by Crippen LogP contribution is 2.52. The number of carbonyl (C=O) groups excluding carboxylic acids is 2. The van der Waals surface area contributed by atoms with Gasteiger partial charge in [0, 0.05) is 36.9 Å². The summed E-state index contributed by atoms with van der Waals surface area (Å²) in [5.74, 6) is -0.632. The fraction of sp³-hybridized carbons (Fsp3) is 0.556. The summed E-state index contributed by atoms with van der Waals surface area (Å²) in [5, 5.41) is 12.4. The van der Waals surface area contributed by atoms with Crippen molar-refractivity contribution in [3.05, 3.63) is 29.6 Å². The fourth-order valence-electron chi connectivity index (χ4n) is 3.98. The fourth-order valence-corrected chi connectivity index (χ4v) is 3.98. The van der Waals surface area contributed by atoms with Gasteiger partial charge in [0.05, 0.1) is 18.8 Å². The lowest BCUT2D eigenvalue weighted by Crippen LogP contribution is -2.65. The highest BCUT2D eigenvalue weighted by molar-refractivity contribution is 5.95. The van der Waals surface area contributed by atoms with Crippen molar-refractivity contribution >= 4 is 11.8 Å². The molecule has 3 aliphatic rings. The maximum Gasteiger partial charge on any atom is 0.257 e. The molecule has 25 heavy (non-hydrogen) atoms. The van der Waals surface area contributed by atoms with Gasteiger partial charge in [0.2, 0.25) is 5.91 Å². The molecule has 6 nitrogen and oxygen atoms in total. The van der Waals surface area contributed by atoms with Crippen LogP contribution in [0.5, 0.6) is 5.75 Å². The Labute approximate surface area is 144 Å². The van der Waals surface area contributed by atoms with Crippen molar-refractivity contribution < 1.29 is 23.8 Å². The number of nitrogens with one attached hydrogen (secondary N) is 1.